The van der Waals surface area contributed by atoms with Crippen molar-refractivity contribution in [2.24, 2.45) is 5.92 Å². The summed E-state index contributed by atoms with van der Waals surface area (Å²) in [5.41, 5.74) is 2.62. The number of carbonyl (C=O) groups is 1. The third-order valence-electron chi connectivity index (χ3n) is 5.83. The molecule has 0 bridgehead atoms. The van der Waals surface area contributed by atoms with Gasteiger partial charge in [0.25, 0.3) is 10.0 Å². The molecule has 2 amide bonds. The van der Waals surface area contributed by atoms with Gasteiger partial charge in [0.1, 0.15) is 4.90 Å². The summed E-state index contributed by atoms with van der Waals surface area (Å²) in [5.74, 6) is 0.409. The van der Waals surface area contributed by atoms with Gasteiger partial charge in [0.2, 0.25) is 0 Å². The molecule has 148 valence electrons. The van der Waals surface area contributed by atoms with Crippen LogP contribution in [0.4, 0.5) is 16.2 Å². The van der Waals surface area contributed by atoms with Crippen molar-refractivity contribution in [3.8, 4) is 0 Å². The third-order valence-corrected chi connectivity index (χ3v) is 7.56. The van der Waals surface area contributed by atoms with E-state index in [-0.39, 0.29) is 4.90 Å². The largest absolute Gasteiger partial charge is 0.343 e. The highest BCUT2D eigenvalue weighted by atomic mass is 32.2. The van der Waals surface area contributed by atoms with Crippen molar-refractivity contribution in [1.29, 1.82) is 0 Å². The fraction of sp³-hybridized carbons (Fsp3) is 0.409. The first-order valence-electron chi connectivity index (χ1n) is 9.92. The van der Waals surface area contributed by atoms with Crippen molar-refractivity contribution >= 4 is 27.4 Å². The van der Waals surface area contributed by atoms with Crippen LogP contribution in [0.25, 0.3) is 0 Å². The van der Waals surface area contributed by atoms with Gasteiger partial charge < -0.3 is 0 Å². The summed E-state index contributed by atoms with van der Waals surface area (Å²) < 4.78 is 27.8. The lowest BCUT2D eigenvalue weighted by Crippen LogP contribution is -2.52. The Bertz CT molecular complexity index is 1010. The van der Waals surface area contributed by atoms with Crippen molar-refractivity contribution in [2.45, 2.75) is 50.8 Å². The summed E-state index contributed by atoms with van der Waals surface area (Å²) >= 11 is 0. The molecule has 28 heavy (non-hydrogen) atoms. The number of aryl methyl sites for hydroxylation is 2. The first-order chi connectivity index (χ1) is 13.4. The van der Waals surface area contributed by atoms with E-state index >= 15 is 0 Å². The SMILES string of the molecule is Cc1ccc(C)c(N2C(=O)N(CC3CCCCC3)c3ccccc3S2(=O)=O)c1. The summed E-state index contributed by atoms with van der Waals surface area (Å²) in [6.45, 7) is 4.30. The monoisotopic (exact) mass is 398 g/mol. The Morgan fingerprint density at radius 2 is 1.68 bits per heavy atom. The molecule has 1 fully saturated rings. The Morgan fingerprint density at radius 1 is 0.964 bits per heavy atom. The molecule has 0 unspecified atom stereocenters. The van der Waals surface area contributed by atoms with Gasteiger partial charge in [-0.25, -0.2) is 13.2 Å². The molecule has 0 spiro atoms. The highest BCUT2D eigenvalue weighted by Crippen LogP contribution is 2.39. The van der Waals surface area contributed by atoms with Gasteiger partial charge in [-0.15, -0.1) is 0 Å². The van der Waals surface area contributed by atoms with Crippen molar-refractivity contribution < 1.29 is 13.2 Å². The van der Waals surface area contributed by atoms with E-state index in [1.807, 2.05) is 26.0 Å². The molecule has 2 aliphatic rings. The van der Waals surface area contributed by atoms with E-state index in [0.717, 1.165) is 28.3 Å². The Morgan fingerprint density at radius 3 is 2.43 bits per heavy atom. The first-order valence-corrected chi connectivity index (χ1v) is 11.4. The topological polar surface area (TPSA) is 57.7 Å². The van der Waals surface area contributed by atoms with E-state index in [9.17, 15) is 13.2 Å². The molecule has 2 aromatic rings. The lowest BCUT2D eigenvalue weighted by Gasteiger charge is -2.39. The number of rotatable bonds is 3. The Hall–Kier alpha value is -2.34. The number of fused-ring (bicyclic) bond motifs is 1. The summed E-state index contributed by atoms with van der Waals surface area (Å²) in [6, 6.07) is 11.9. The van der Waals surface area contributed by atoms with Gasteiger partial charge in [-0.2, -0.15) is 4.31 Å². The lowest BCUT2D eigenvalue weighted by molar-refractivity contribution is 0.250. The normalized spacial score (nSPS) is 19.6. The molecule has 1 saturated carbocycles. The highest BCUT2D eigenvalue weighted by Gasteiger charge is 2.43. The second kappa shape index (κ2) is 7.24. The number of amides is 2. The van der Waals surface area contributed by atoms with Crippen molar-refractivity contribution in [3.05, 3.63) is 53.6 Å². The predicted molar refractivity (Wildman–Crippen MR) is 111 cm³/mol. The molecule has 1 aliphatic heterocycles. The van der Waals surface area contributed by atoms with E-state index < -0.39 is 16.1 Å². The smallest absolute Gasteiger partial charge is 0.292 e. The zero-order valence-electron chi connectivity index (χ0n) is 16.4. The standard InChI is InChI=1S/C22H26N2O3S/c1-16-12-13-17(2)20(14-16)24-22(25)23(15-18-8-4-3-5-9-18)19-10-6-7-11-21(19)28(24,26)27/h6-7,10-14,18H,3-5,8-9,15H2,1-2H3. The number of nitrogens with zero attached hydrogens (tertiary/aromatic N) is 2. The minimum atomic E-state index is -3.96. The zero-order chi connectivity index (χ0) is 19.9. The Balaban J connectivity index is 1.84. The van der Waals surface area contributed by atoms with E-state index in [2.05, 4.69) is 0 Å². The lowest BCUT2D eigenvalue weighted by atomic mass is 9.89. The third kappa shape index (κ3) is 3.20. The summed E-state index contributed by atoms with van der Waals surface area (Å²) in [7, 11) is -3.96. The van der Waals surface area contributed by atoms with Crippen LogP contribution in [0, 0.1) is 19.8 Å². The van der Waals surface area contributed by atoms with Gasteiger partial charge in [-0.1, -0.05) is 43.5 Å². The van der Waals surface area contributed by atoms with Crippen LogP contribution in [0.15, 0.2) is 47.4 Å². The van der Waals surface area contributed by atoms with Gasteiger partial charge in [0, 0.05) is 6.54 Å². The quantitative estimate of drug-likeness (QED) is 0.729. The van der Waals surface area contributed by atoms with Crippen LogP contribution in [-0.4, -0.2) is 21.0 Å². The number of benzene rings is 2. The fourth-order valence-corrected chi connectivity index (χ4v) is 5.94. The van der Waals surface area contributed by atoms with Crippen LogP contribution in [0.1, 0.15) is 43.2 Å². The second-order valence-electron chi connectivity index (χ2n) is 7.92. The minimum Gasteiger partial charge on any atom is -0.292 e. The molecule has 0 aromatic heterocycles. The van der Waals surface area contributed by atoms with Crippen LogP contribution in [0.5, 0.6) is 0 Å². The number of anilines is 2. The van der Waals surface area contributed by atoms with E-state index in [4.69, 9.17) is 0 Å². The molecular formula is C22H26N2O3S. The van der Waals surface area contributed by atoms with Crippen LogP contribution in [-0.2, 0) is 10.0 Å². The van der Waals surface area contributed by atoms with Crippen LogP contribution in [0.3, 0.4) is 0 Å². The molecule has 5 nitrogen and oxygen atoms in total. The summed E-state index contributed by atoms with van der Waals surface area (Å²) in [6.07, 6.45) is 5.76. The second-order valence-corrected chi connectivity index (χ2v) is 9.68. The van der Waals surface area contributed by atoms with Gasteiger partial charge in [0.15, 0.2) is 0 Å². The van der Waals surface area contributed by atoms with Crippen molar-refractivity contribution in [3.63, 3.8) is 0 Å². The maximum atomic E-state index is 13.5. The van der Waals surface area contributed by atoms with Gasteiger partial charge in [-0.3, -0.25) is 4.90 Å². The Kier molecular flexibility index (Phi) is 4.91. The number of hydrogen-bond donors (Lipinski definition) is 0. The van der Waals surface area contributed by atoms with Crippen molar-refractivity contribution in [1.82, 2.24) is 0 Å². The minimum absolute atomic E-state index is 0.200. The fourth-order valence-electron chi connectivity index (χ4n) is 4.29. The molecule has 2 aromatic carbocycles. The van der Waals surface area contributed by atoms with Crippen LogP contribution in [0.2, 0.25) is 0 Å². The number of para-hydroxylation sites is 1. The van der Waals surface area contributed by atoms with E-state index in [1.54, 1.807) is 35.2 Å². The molecule has 0 saturated heterocycles. The average molecular weight is 399 g/mol. The number of urea groups is 1. The molecular weight excluding hydrogens is 372 g/mol. The zero-order valence-corrected chi connectivity index (χ0v) is 17.2. The first kappa shape index (κ1) is 19.0. The van der Waals surface area contributed by atoms with Crippen LogP contribution >= 0.6 is 0 Å². The molecule has 0 N–H and O–H groups in total. The maximum absolute atomic E-state index is 13.5. The summed E-state index contributed by atoms with van der Waals surface area (Å²) in [5, 5.41) is 0. The molecule has 1 heterocycles. The highest BCUT2D eigenvalue weighted by molar-refractivity contribution is 7.94. The number of carbonyl (C=O) groups excluding carboxylic acids is 1. The molecule has 6 heteroatoms. The summed E-state index contributed by atoms with van der Waals surface area (Å²) in [4.78, 5) is 15.4. The van der Waals surface area contributed by atoms with Gasteiger partial charge >= 0.3 is 6.03 Å². The number of sulfonamides is 1. The van der Waals surface area contributed by atoms with E-state index in [1.165, 1.54) is 19.3 Å². The maximum Gasteiger partial charge on any atom is 0.343 e. The molecule has 0 radical (unpaired) electrons. The van der Waals surface area contributed by atoms with E-state index in [0.29, 0.717) is 23.8 Å². The van der Waals surface area contributed by atoms with Gasteiger partial charge in [0.05, 0.1) is 11.4 Å². The molecule has 0 atom stereocenters. The number of hydrogen-bond acceptors (Lipinski definition) is 3. The molecule has 1 aliphatic carbocycles. The van der Waals surface area contributed by atoms with Gasteiger partial charge in [-0.05, 0) is 61.9 Å². The van der Waals surface area contributed by atoms with Crippen LogP contribution < -0.4 is 9.21 Å². The Labute approximate surface area is 167 Å². The molecule has 4 rings (SSSR count). The average Bonchev–Trinajstić information content (AvgIpc) is 2.69. The predicted octanol–water partition coefficient (Wildman–Crippen LogP) is 5.02. The van der Waals surface area contributed by atoms with Crippen molar-refractivity contribution in [2.75, 3.05) is 15.7 Å².